The van der Waals surface area contributed by atoms with Crippen LogP contribution in [-0.2, 0) is 16.0 Å². The van der Waals surface area contributed by atoms with Gasteiger partial charge < -0.3 is 4.74 Å². The van der Waals surface area contributed by atoms with Crippen LogP contribution in [0.1, 0.15) is 5.56 Å². The number of halogens is 3. The van der Waals surface area contributed by atoms with Crippen LogP contribution in [0.5, 0.6) is 0 Å². The van der Waals surface area contributed by atoms with Crippen molar-refractivity contribution in [3.8, 4) is 0 Å². The van der Waals surface area contributed by atoms with E-state index in [4.69, 9.17) is 11.6 Å². The number of ether oxygens (including phenoxy) is 1. The summed E-state index contributed by atoms with van der Waals surface area (Å²) in [5.74, 6) is -1.03. The van der Waals surface area contributed by atoms with Crippen LogP contribution in [0.2, 0.25) is 5.02 Å². The summed E-state index contributed by atoms with van der Waals surface area (Å²) in [6.45, 7) is 0. The van der Waals surface area contributed by atoms with Crippen LogP contribution in [0.25, 0.3) is 0 Å². The molecule has 0 saturated carbocycles. The Morgan fingerprint density at radius 3 is 2.86 bits per heavy atom. The van der Waals surface area contributed by atoms with E-state index in [1.165, 1.54) is 19.2 Å². The first-order chi connectivity index (χ1) is 6.56. The lowest BCUT2D eigenvalue weighted by Gasteiger charge is -2.05. The van der Waals surface area contributed by atoms with Crippen molar-refractivity contribution in [3.05, 3.63) is 33.0 Å². The molecule has 1 aromatic carbocycles. The molecule has 0 amide bonds. The Morgan fingerprint density at radius 1 is 1.64 bits per heavy atom. The van der Waals surface area contributed by atoms with Gasteiger partial charge in [-0.2, -0.15) is 0 Å². The number of methoxy groups -OCH3 is 1. The number of benzene rings is 1. The Bertz CT molecular complexity index is 368. The van der Waals surface area contributed by atoms with Crippen LogP contribution in [-0.4, -0.2) is 13.1 Å². The second kappa shape index (κ2) is 4.75. The predicted octanol–water partition coefficient (Wildman–Crippen LogP) is 2.96. The highest BCUT2D eigenvalue weighted by molar-refractivity contribution is 9.10. The third kappa shape index (κ3) is 2.45. The van der Waals surface area contributed by atoms with Crippen LogP contribution in [0, 0.1) is 5.82 Å². The van der Waals surface area contributed by atoms with Gasteiger partial charge in [-0.25, -0.2) is 4.39 Å². The number of carbonyl (C=O) groups excluding carboxylic acids is 1. The van der Waals surface area contributed by atoms with E-state index in [-0.39, 0.29) is 17.0 Å². The maximum Gasteiger partial charge on any atom is 0.310 e. The van der Waals surface area contributed by atoms with Crippen molar-refractivity contribution >= 4 is 33.5 Å². The average Bonchev–Trinajstić information content (AvgIpc) is 2.18. The molecule has 14 heavy (non-hydrogen) atoms. The third-order valence-electron chi connectivity index (χ3n) is 1.69. The lowest BCUT2D eigenvalue weighted by Crippen LogP contribution is -2.07. The lowest BCUT2D eigenvalue weighted by atomic mass is 10.1. The van der Waals surface area contributed by atoms with E-state index in [2.05, 4.69) is 20.7 Å². The minimum atomic E-state index is -0.524. The van der Waals surface area contributed by atoms with Crippen molar-refractivity contribution in [2.24, 2.45) is 0 Å². The Morgan fingerprint density at radius 2 is 2.29 bits per heavy atom. The third-order valence-corrected chi connectivity index (χ3v) is 3.01. The van der Waals surface area contributed by atoms with Crippen molar-refractivity contribution < 1.29 is 13.9 Å². The fraction of sp³-hybridized carbons (Fsp3) is 0.222. The molecule has 0 aliphatic heterocycles. The minimum absolute atomic E-state index is 0.146. The van der Waals surface area contributed by atoms with Crippen LogP contribution in [0.4, 0.5) is 4.39 Å². The molecule has 0 atom stereocenters. The average molecular weight is 282 g/mol. The van der Waals surface area contributed by atoms with Crippen molar-refractivity contribution in [1.29, 1.82) is 0 Å². The second-order valence-electron chi connectivity index (χ2n) is 2.57. The maximum atomic E-state index is 13.2. The van der Waals surface area contributed by atoms with Crippen LogP contribution in [0.15, 0.2) is 16.6 Å². The predicted molar refractivity (Wildman–Crippen MR) is 54.8 cm³/mol. The summed E-state index contributed by atoms with van der Waals surface area (Å²) < 4.78 is 18.2. The zero-order valence-corrected chi connectivity index (χ0v) is 9.65. The van der Waals surface area contributed by atoms with Gasteiger partial charge in [-0.05, 0) is 28.1 Å². The number of hydrogen-bond donors (Lipinski definition) is 0. The normalized spacial score (nSPS) is 10.0. The summed E-state index contributed by atoms with van der Waals surface area (Å²) in [4.78, 5) is 10.9. The van der Waals surface area contributed by atoms with Gasteiger partial charge in [0.2, 0.25) is 0 Å². The van der Waals surface area contributed by atoms with E-state index in [1.54, 1.807) is 0 Å². The van der Waals surface area contributed by atoms with E-state index in [0.717, 1.165) is 0 Å². The van der Waals surface area contributed by atoms with Crippen molar-refractivity contribution in [2.75, 3.05) is 7.11 Å². The Kier molecular flexibility index (Phi) is 3.89. The van der Waals surface area contributed by atoms with E-state index in [0.29, 0.717) is 4.47 Å². The molecule has 1 rings (SSSR count). The monoisotopic (exact) mass is 280 g/mol. The lowest BCUT2D eigenvalue weighted by molar-refractivity contribution is -0.139. The van der Waals surface area contributed by atoms with Gasteiger partial charge in [0, 0.05) is 10.0 Å². The van der Waals surface area contributed by atoms with Crippen molar-refractivity contribution in [3.63, 3.8) is 0 Å². The van der Waals surface area contributed by atoms with Crippen molar-refractivity contribution in [2.45, 2.75) is 6.42 Å². The maximum absolute atomic E-state index is 13.2. The molecular formula is C9H7BrClFO2. The van der Waals surface area contributed by atoms with Gasteiger partial charge in [0.1, 0.15) is 5.82 Å². The number of carbonyl (C=O) groups is 1. The highest BCUT2D eigenvalue weighted by atomic mass is 79.9. The molecule has 5 heteroatoms. The molecule has 76 valence electrons. The molecule has 0 aromatic heterocycles. The molecule has 0 aliphatic rings. The van der Waals surface area contributed by atoms with E-state index < -0.39 is 11.8 Å². The standard InChI is InChI=1S/C9H7BrClFO2/c1-14-8(13)4-5-7(12)3-2-6(10)9(5)11/h2-3H,4H2,1H3. The number of esters is 1. The van der Waals surface area contributed by atoms with Crippen LogP contribution in [0.3, 0.4) is 0 Å². The van der Waals surface area contributed by atoms with Gasteiger partial charge in [-0.1, -0.05) is 11.6 Å². The number of hydrogen-bond acceptors (Lipinski definition) is 2. The highest BCUT2D eigenvalue weighted by Crippen LogP contribution is 2.28. The van der Waals surface area contributed by atoms with E-state index >= 15 is 0 Å². The molecule has 0 unspecified atom stereocenters. The SMILES string of the molecule is COC(=O)Cc1c(F)ccc(Br)c1Cl. The summed E-state index contributed by atoms with van der Waals surface area (Å²) >= 11 is 8.95. The van der Waals surface area contributed by atoms with Crippen molar-refractivity contribution in [1.82, 2.24) is 0 Å². The van der Waals surface area contributed by atoms with Gasteiger partial charge in [-0.3, -0.25) is 4.79 Å². The molecular weight excluding hydrogens is 274 g/mol. The first-order valence-electron chi connectivity index (χ1n) is 3.75. The highest BCUT2D eigenvalue weighted by Gasteiger charge is 2.14. The molecule has 0 fully saturated rings. The van der Waals surface area contributed by atoms with Gasteiger partial charge in [0.05, 0.1) is 18.6 Å². The fourth-order valence-corrected chi connectivity index (χ4v) is 1.54. The number of rotatable bonds is 2. The summed E-state index contributed by atoms with van der Waals surface area (Å²) in [7, 11) is 1.24. The molecule has 0 saturated heterocycles. The quantitative estimate of drug-likeness (QED) is 0.615. The topological polar surface area (TPSA) is 26.3 Å². The molecule has 0 radical (unpaired) electrons. The molecule has 1 aromatic rings. The smallest absolute Gasteiger partial charge is 0.310 e. The molecule has 0 N–H and O–H groups in total. The van der Waals surface area contributed by atoms with Gasteiger partial charge >= 0.3 is 5.97 Å². The summed E-state index contributed by atoms with van der Waals surface area (Å²) in [6, 6.07) is 2.73. The van der Waals surface area contributed by atoms with Crippen LogP contribution >= 0.6 is 27.5 Å². The summed E-state index contributed by atoms with van der Waals surface area (Å²) in [5.41, 5.74) is 0.146. The van der Waals surface area contributed by atoms with Gasteiger partial charge in [0.25, 0.3) is 0 Å². The fourth-order valence-electron chi connectivity index (χ4n) is 0.948. The van der Waals surface area contributed by atoms with Gasteiger partial charge in [-0.15, -0.1) is 0 Å². The first kappa shape index (κ1) is 11.5. The zero-order chi connectivity index (χ0) is 10.7. The Labute approximate surface area is 94.1 Å². The van der Waals surface area contributed by atoms with Gasteiger partial charge in [0.15, 0.2) is 0 Å². The second-order valence-corrected chi connectivity index (χ2v) is 3.81. The summed E-state index contributed by atoms with van der Waals surface area (Å²) in [6.07, 6.45) is -0.166. The molecule has 0 aliphatic carbocycles. The molecule has 0 bridgehead atoms. The first-order valence-corrected chi connectivity index (χ1v) is 4.92. The molecule has 0 spiro atoms. The van der Waals surface area contributed by atoms with E-state index in [1.807, 2.05) is 0 Å². The molecule has 2 nitrogen and oxygen atoms in total. The Hall–Kier alpha value is -0.610. The van der Waals surface area contributed by atoms with Crippen LogP contribution < -0.4 is 0 Å². The largest absolute Gasteiger partial charge is 0.469 e. The zero-order valence-electron chi connectivity index (χ0n) is 7.31. The summed E-state index contributed by atoms with van der Waals surface area (Å²) in [5, 5.41) is 0.204. The minimum Gasteiger partial charge on any atom is -0.469 e. The Balaban J connectivity index is 3.06. The molecule has 0 heterocycles. The van der Waals surface area contributed by atoms with E-state index in [9.17, 15) is 9.18 Å².